The molecule has 19 heavy (non-hydrogen) atoms. The van der Waals surface area contributed by atoms with E-state index in [0.717, 1.165) is 12.1 Å². The first kappa shape index (κ1) is 13.1. The van der Waals surface area contributed by atoms with Gasteiger partial charge >= 0.3 is 0 Å². The van der Waals surface area contributed by atoms with Gasteiger partial charge in [0, 0.05) is 31.4 Å². The Morgan fingerprint density at radius 2 is 2.21 bits per heavy atom. The van der Waals surface area contributed by atoms with Crippen molar-refractivity contribution < 1.29 is 14.3 Å². The standard InChI is InChI=1S/C14H16N2O3/c1-16-7-6-15-14(16)5-8-19-13-9-11(10-17)3-4-12(13)18-2/h3-4,6-7,9-10H,5,8H2,1-2H3. The fourth-order valence-electron chi connectivity index (χ4n) is 1.77. The molecule has 0 N–H and O–H groups in total. The average molecular weight is 260 g/mol. The minimum absolute atomic E-state index is 0.476. The number of methoxy groups -OCH3 is 1. The van der Waals surface area contributed by atoms with E-state index in [1.165, 1.54) is 0 Å². The van der Waals surface area contributed by atoms with Gasteiger partial charge in [0.15, 0.2) is 11.5 Å². The number of carbonyl (C=O) groups excluding carboxylic acids is 1. The minimum Gasteiger partial charge on any atom is -0.493 e. The molecule has 0 aliphatic carbocycles. The second-order valence-corrected chi connectivity index (χ2v) is 4.08. The summed E-state index contributed by atoms with van der Waals surface area (Å²) in [6, 6.07) is 5.08. The Morgan fingerprint density at radius 1 is 1.37 bits per heavy atom. The van der Waals surface area contributed by atoms with Crippen molar-refractivity contribution in [2.45, 2.75) is 6.42 Å². The quantitative estimate of drug-likeness (QED) is 0.744. The van der Waals surface area contributed by atoms with Crippen LogP contribution in [0.5, 0.6) is 11.5 Å². The summed E-state index contributed by atoms with van der Waals surface area (Å²) >= 11 is 0. The molecule has 0 atom stereocenters. The van der Waals surface area contributed by atoms with Crippen molar-refractivity contribution in [2.24, 2.45) is 7.05 Å². The van der Waals surface area contributed by atoms with E-state index in [0.29, 0.717) is 30.1 Å². The summed E-state index contributed by atoms with van der Waals surface area (Å²) in [6.07, 6.45) is 5.12. The summed E-state index contributed by atoms with van der Waals surface area (Å²) in [5.41, 5.74) is 0.563. The van der Waals surface area contributed by atoms with Crippen molar-refractivity contribution in [1.82, 2.24) is 9.55 Å². The number of nitrogens with zero attached hydrogens (tertiary/aromatic N) is 2. The third-order valence-electron chi connectivity index (χ3n) is 2.83. The summed E-state index contributed by atoms with van der Waals surface area (Å²) in [7, 11) is 3.51. The van der Waals surface area contributed by atoms with Crippen molar-refractivity contribution in [3.63, 3.8) is 0 Å². The molecule has 2 aromatic rings. The molecule has 5 heteroatoms. The molecule has 0 saturated carbocycles. The van der Waals surface area contributed by atoms with Crippen LogP contribution in [0.25, 0.3) is 0 Å². The first-order chi connectivity index (χ1) is 9.24. The molecule has 1 aromatic heterocycles. The molecule has 0 radical (unpaired) electrons. The lowest BCUT2D eigenvalue weighted by Gasteiger charge is -2.11. The van der Waals surface area contributed by atoms with E-state index in [-0.39, 0.29) is 0 Å². The van der Waals surface area contributed by atoms with Crippen molar-refractivity contribution in [2.75, 3.05) is 13.7 Å². The van der Waals surface area contributed by atoms with Crippen molar-refractivity contribution >= 4 is 6.29 Å². The fourth-order valence-corrected chi connectivity index (χ4v) is 1.77. The lowest BCUT2D eigenvalue weighted by molar-refractivity contribution is 0.112. The number of aromatic nitrogens is 2. The molecule has 2 rings (SSSR count). The van der Waals surface area contributed by atoms with Gasteiger partial charge in [-0.25, -0.2) is 4.98 Å². The second kappa shape index (κ2) is 6.04. The van der Waals surface area contributed by atoms with Gasteiger partial charge in [-0.15, -0.1) is 0 Å². The molecule has 0 amide bonds. The maximum atomic E-state index is 10.8. The molecule has 1 heterocycles. The van der Waals surface area contributed by atoms with Crippen molar-refractivity contribution in [1.29, 1.82) is 0 Å². The van der Waals surface area contributed by atoms with E-state index in [2.05, 4.69) is 4.98 Å². The fraction of sp³-hybridized carbons (Fsp3) is 0.286. The zero-order chi connectivity index (χ0) is 13.7. The van der Waals surface area contributed by atoms with Gasteiger partial charge in [0.25, 0.3) is 0 Å². The molecule has 0 aliphatic rings. The predicted molar refractivity (Wildman–Crippen MR) is 70.8 cm³/mol. The van der Waals surface area contributed by atoms with Crippen molar-refractivity contribution in [3.05, 3.63) is 42.0 Å². The van der Waals surface area contributed by atoms with Crippen LogP contribution in [0.1, 0.15) is 16.2 Å². The molecule has 0 aliphatic heterocycles. The van der Waals surface area contributed by atoms with Gasteiger partial charge in [-0.05, 0) is 18.2 Å². The lowest BCUT2D eigenvalue weighted by atomic mass is 10.2. The summed E-state index contributed by atoms with van der Waals surface area (Å²) < 4.78 is 12.8. The maximum absolute atomic E-state index is 10.8. The Balaban J connectivity index is 2.02. The number of aldehydes is 1. The number of carbonyl (C=O) groups is 1. The van der Waals surface area contributed by atoms with E-state index < -0.39 is 0 Å². The van der Waals surface area contributed by atoms with E-state index >= 15 is 0 Å². The Bertz CT molecular complexity index is 564. The van der Waals surface area contributed by atoms with Crippen LogP contribution >= 0.6 is 0 Å². The van der Waals surface area contributed by atoms with E-state index in [4.69, 9.17) is 9.47 Å². The van der Waals surface area contributed by atoms with Crippen LogP contribution in [0.15, 0.2) is 30.6 Å². The summed E-state index contributed by atoms with van der Waals surface area (Å²) in [4.78, 5) is 15.0. The molecule has 100 valence electrons. The molecule has 0 spiro atoms. The smallest absolute Gasteiger partial charge is 0.161 e. The zero-order valence-corrected chi connectivity index (χ0v) is 11.0. The number of rotatable bonds is 6. The van der Waals surface area contributed by atoms with Crippen LogP contribution in [0.4, 0.5) is 0 Å². The topological polar surface area (TPSA) is 53.4 Å². The number of imidazole rings is 1. The SMILES string of the molecule is COc1ccc(C=O)cc1OCCc1nccn1C. The zero-order valence-electron chi connectivity index (χ0n) is 11.0. The molecular formula is C14H16N2O3. The van der Waals surface area contributed by atoms with Gasteiger partial charge in [-0.3, -0.25) is 4.79 Å². The van der Waals surface area contributed by atoms with Crippen LogP contribution in [-0.4, -0.2) is 29.6 Å². The van der Waals surface area contributed by atoms with Crippen LogP contribution in [-0.2, 0) is 13.5 Å². The summed E-state index contributed by atoms with van der Waals surface area (Å²) in [6.45, 7) is 0.476. The van der Waals surface area contributed by atoms with Crippen molar-refractivity contribution in [3.8, 4) is 11.5 Å². The predicted octanol–water partition coefficient (Wildman–Crippen LogP) is 1.86. The van der Waals surface area contributed by atoms with Crippen LogP contribution in [0, 0.1) is 0 Å². The Kier molecular flexibility index (Phi) is 4.18. The van der Waals surface area contributed by atoms with Gasteiger partial charge in [-0.2, -0.15) is 0 Å². The molecule has 0 bridgehead atoms. The van der Waals surface area contributed by atoms with Crippen LogP contribution < -0.4 is 9.47 Å². The highest BCUT2D eigenvalue weighted by Gasteiger charge is 2.06. The monoisotopic (exact) mass is 260 g/mol. The largest absolute Gasteiger partial charge is 0.493 e. The average Bonchev–Trinajstić information content (AvgIpc) is 2.84. The minimum atomic E-state index is 0.476. The highest BCUT2D eigenvalue weighted by Crippen LogP contribution is 2.27. The molecular weight excluding hydrogens is 244 g/mol. The van der Waals surface area contributed by atoms with E-state index in [1.54, 1.807) is 31.5 Å². The molecule has 5 nitrogen and oxygen atoms in total. The highest BCUT2D eigenvalue weighted by molar-refractivity contribution is 5.76. The van der Waals surface area contributed by atoms with Gasteiger partial charge < -0.3 is 14.0 Å². The third kappa shape index (κ3) is 3.13. The summed E-state index contributed by atoms with van der Waals surface area (Å²) in [5, 5.41) is 0. The third-order valence-corrected chi connectivity index (χ3v) is 2.83. The van der Waals surface area contributed by atoms with Gasteiger partial charge in [-0.1, -0.05) is 0 Å². The van der Waals surface area contributed by atoms with Crippen LogP contribution in [0.2, 0.25) is 0 Å². The molecule has 0 unspecified atom stereocenters. The first-order valence-corrected chi connectivity index (χ1v) is 5.97. The number of hydrogen-bond acceptors (Lipinski definition) is 4. The number of benzene rings is 1. The number of hydrogen-bond donors (Lipinski definition) is 0. The second-order valence-electron chi connectivity index (χ2n) is 4.08. The highest BCUT2D eigenvalue weighted by atomic mass is 16.5. The Hall–Kier alpha value is -2.30. The number of ether oxygens (including phenoxy) is 2. The number of aryl methyl sites for hydroxylation is 1. The summed E-state index contributed by atoms with van der Waals surface area (Å²) in [5.74, 6) is 2.14. The Labute approximate surface area is 111 Å². The lowest BCUT2D eigenvalue weighted by Crippen LogP contribution is -2.07. The van der Waals surface area contributed by atoms with E-state index in [1.807, 2.05) is 17.8 Å². The molecule has 0 fully saturated rings. The normalized spacial score (nSPS) is 10.2. The molecule has 1 aromatic carbocycles. The van der Waals surface area contributed by atoms with E-state index in [9.17, 15) is 4.79 Å². The maximum Gasteiger partial charge on any atom is 0.161 e. The Morgan fingerprint density at radius 3 is 2.84 bits per heavy atom. The first-order valence-electron chi connectivity index (χ1n) is 5.97. The van der Waals surface area contributed by atoms with Gasteiger partial charge in [0.05, 0.1) is 13.7 Å². The van der Waals surface area contributed by atoms with Gasteiger partial charge in [0.1, 0.15) is 12.1 Å². The van der Waals surface area contributed by atoms with Crippen LogP contribution in [0.3, 0.4) is 0 Å². The van der Waals surface area contributed by atoms with Gasteiger partial charge in [0.2, 0.25) is 0 Å². The molecule has 0 saturated heterocycles.